The lowest BCUT2D eigenvalue weighted by molar-refractivity contribution is 0.610. The molecule has 0 radical (unpaired) electrons. The first-order valence-corrected chi connectivity index (χ1v) is 14.7. The van der Waals surface area contributed by atoms with Crippen molar-refractivity contribution < 1.29 is 8.78 Å². The normalized spacial score (nSPS) is 14.6. The van der Waals surface area contributed by atoms with Gasteiger partial charge in [-0.1, -0.05) is 30.3 Å². The van der Waals surface area contributed by atoms with Crippen molar-refractivity contribution >= 4 is 27.8 Å². The van der Waals surface area contributed by atoms with Crippen LogP contribution in [0.15, 0.2) is 91.8 Å². The van der Waals surface area contributed by atoms with Crippen LogP contribution in [0.5, 0.6) is 0 Å². The third kappa shape index (κ3) is 4.79. The van der Waals surface area contributed by atoms with Crippen molar-refractivity contribution in [3.63, 3.8) is 0 Å². The summed E-state index contributed by atoms with van der Waals surface area (Å²) >= 11 is 1.59. The summed E-state index contributed by atoms with van der Waals surface area (Å²) in [6, 6.07) is 20.5. The van der Waals surface area contributed by atoms with Crippen LogP contribution in [0.25, 0.3) is 11.4 Å². The van der Waals surface area contributed by atoms with Gasteiger partial charge in [0.15, 0.2) is 5.13 Å². The lowest BCUT2D eigenvalue weighted by Gasteiger charge is -2.24. The van der Waals surface area contributed by atoms with Crippen molar-refractivity contribution in [2.75, 3.05) is 4.90 Å². The standard InChI is InChI=1S/C33H28F2N6S/c1-21-17-39(19-36-21)29-13-11-24(15-27(29)34)41(25-12-14-30(28(35)16-25)40-18-22(2)37-20-40)33-38-32-26(9-6-10-31(32)42-33)23-7-4-3-5-8-23/h3-5,7-8,11-20,26H,6,9-10H2,1-2H3. The average Bonchev–Trinajstić information content (AvgIpc) is 3.73. The van der Waals surface area contributed by atoms with Crippen LogP contribution in [0, 0.1) is 25.5 Å². The monoisotopic (exact) mass is 578 g/mol. The van der Waals surface area contributed by atoms with E-state index in [0.717, 1.165) is 36.3 Å². The topological polar surface area (TPSA) is 51.8 Å². The molecule has 6 nitrogen and oxygen atoms in total. The Bertz CT molecular complexity index is 1800. The van der Waals surface area contributed by atoms with Crippen molar-refractivity contribution in [3.05, 3.63) is 131 Å². The van der Waals surface area contributed by atoms with E-state index in [4.69, 9.17) is 4.98 Å². The number of hydrogen-bond donors (Lipinski definition) is 0. The predicted molar refractivity (Wildman–Crippen MR) is 162 cm³/mol. The van der Waals surface area contributed by atoms with Crippen molar-refractivity contribution in [2.45, 2.75) is 39.0 Å². The summed E-state index contributed by atoms with van der Waals surface area (Å²) in [5, 5.41) is 0.680. The number of halogens is 2. The fourth-order valence-corrected chi connectivity index (χ4v) is 6.88. The summed E-state index contributed by atoms with van der Waals surface area (Å²) in [6.07, 6.45) is 9.76. The highest BCUT2D eigenvalue weighted by Gasteiger charge is 2.29. The molecule has 0 saturated heterocycles. The summed E-state index contributed by atoms with van der Waals surface area (Å²) < 4.78 is 34.6. The van der Waals surface area contributed by atoms with Gasteiger partial charge in [-0.05, 0) is 62.9 Å². The summed E-state index contributed by atoms with van der Waals surface area (Å²) in [5.74, 6) is -0.636. The van der Waals surface area contributed by atoms with E-state index in [2.05, 4.69) is 34.2 Å². The second kappa shape index (κ2) is 10.6. The zero-order valence-corrected chi connectivity index (χ0v) is 24.0. The molecule has 0 spiro atoms. The van der Waals surface area contributed by atoms with Gasteiger partial charge in [0.2, 0.25) is 0 Å². The molecule has 1 aliphatic carbocycles. The smallest absolute Gasteiger partial charge is 0.195 e. The predicted octanol–water partition coefficient (Wildman–Crippen LogP) is 8.35. The molecular weight excluding hydrogens is 550 g/mol. The summed E-state index contributed by atoms with van der Waals surface area (Å²) in [7, 11) is 0. The molecule has 7 rings (SSSR count). The molecule has 9 heteroatoms. The number of rotatable bonds is 6. The maximum absolute atomic E-state index is 15.6. The van der Waals surface area contributed by atoms with Crippen molar-refractivity contribution in [1.29, 1.82) is 0 Å². The fourth-order valence-electron chi connectivity index (χ4n) is 5.68. The van der Waals surface area contributed by atoms with Gasteiger partial charge in [0.1, 0.15) is 11.6 Å². The van der Waals surface area contributed by atoms with Gasteiger partial charge in [0.05, 0.1) is 52.5 Å². The van der Waals surface area contributed by atoms with E-state index in [9.17, 15) is 0 Å². The number of hydrogen-bond acceptors (Lipinski definition) is 5. The maximum atomic E-state index is 15.6. The van der Waals surface area contributed by atoms with Crippen LogP contribution in [0.1, 0.15) is 46.3 Å². The van der Waals surface area contributed by atoms with Crippen LogP contribution in [0.2, 0.25) is 0 Å². The Morgan fingerprint density at radius 3 is 1.93 bits per heavy atom. The highest BCUT2D eigenvalue weighted by molar-refractivity contribution is 7.15. The summed E-state index contributed by atoms with van der Waals surface area (Å²) in [6.45, 7) is 3.72. The Morgan fingerprint density at radius 2 is 1.40 bits per heavy atom. The van der Waals surface area contributed by atoms with E-state index in [1.165, 1.54) is 22.6 Å². The van der Waals surface area contributed by atoms with Gasteiger partial charge in [-0.3, -0.25) is 4.90 Å². The average molecular weight is 579 g/mol. The SMILES string of the molecule is Cc1cn(-c2ccc(N(c3ccc(-n4cnc(C)c4)c(F)c3)c3nc4c(s3)CCCC4c3ccccc3)cc2F)cn1. The number of benzene rings is 3. The highest BCUT2D eigenvalue weighted by atomic mass is 32.1. The molecule has 0 fully saturated rings. The van der Waals surface area contributed by atoms with Crippen LogP contribution in [-0.4, -0.2) is 24.1 Å². The number of anilines is 3. The van der Waals surface area contributed by atoms with Gasteiger partial charge in [-0.2, -0.15) is 0 Å². The van der Waals surface area contributed by atoms with E-state index in [-0.39, 0.29) is 5.92 Å². The van der Waals surface area contributed by atoms with Crippen molar-refractivity contribution in [1.82, 2.24) is 24.1 Å². The molecule has 3 heterocycles. The van der Waals surface area contributed by atoms with Crippen LogP contribution in [-0.2, 0) is 6.42 Å². The van der Waals surface area contributed by atoms with Gasteiger partial charge in [-0.15, -0.1) is 11.3 Å². The lowest BCUT2D eigenvalue weighted by Crippen LogP contribution is -2.13. The van der Waals surface area contributed by atoms with Crippen LogP contribution in [0.4, 0.5) is 25.3 Å². The quantitative estimate of drug-likeness (QED) is 0.199. The van der Waals surface area contributed by atoms with Gasteiger partial charge in [0.25, 0.3) is 0 Å². The van der Waals surface area contributed by atoms with Crippen LogP contribution >= 0.6 is 11.3 Å². The molecule has 3 aromatic carbocycles. The van der Waals surface area contributed by atoms with Crippen molar-refractivity contribution in [3.8, 4) is 11.4 Å². The molecule has 0 aliphatic heterocycles. The molecule has 0 bridgehead atoms. The first-order valence-electron chi connectivity index (χ1n) is 13.9. The maximum Gasteiger partial charge on any atom is 0.195 e. The Kier molecular flexibility index (Phi) is 6.66. The minimum atomic E-state index is -0.413. The van der Waals surface area contributed by atoms with Gasteiger partial charge >= 0.3 is 0 Å². The Hall–Kier alpha value is -4.63. The molecule has 3 aromatic heterocycles. The Morgan fingerprint density at radius 1 is 0.810 bits per heavy atom. The number of fused-ring (bicyclic) bond motifs is 1. The zero-order chi connectivity index (χ0) is 28.8. The van der Waals surface area contributed by atoms with E-state index < -0.39 is 11.6 Å². The highest BCUT2D eigenvalue weighted by Crippen LogP contribution is 2.45. The molecule has 0 N–H and O–H groups in total. The lowest BCUT2D eigenvalue weighted by atomic mass is 9.85. The molecule has 1 unspecified atom stereocenters. The second-order valence-electron chi connectivity index (χ2n) is 10.6. The van der Waals surface area contributed by atoms with E-state index in [0.29, 0.717) is 27.9 Å². The first kappa shape index (κ1) is 26.3. The number of aryl methyl sites for hydroxylation is 3. The molecule has 42 heavy (non-hydrogen) atoms. The minimum absolute atomic E-state index is 0.189. The van der Waals surface area contributed by atoms with E-state index in [1.54, 1.807) is 57.7 Å². The van der Waals surface area contributed by atoms with Gasteiger partial charge in [-0.25, -0.2) is 23.7 Å². The number of aromatic nitrogens is 5. The van der Waals surface area contributed by atoms with E-state index in [1.807, 2.05) is 36.9 Å². The molecule has 0 saturated carbocycles. The Balaban J connectivity index is 1.35. The molecule has 1 aliphatic rings. The fraction of sp³-hybridized carbons (Fsp3) is 0.182. The van der Waals surface area contributed by atoms with Gasteiger partial charge in [0, 0.05) is 35.3 Å². The minimum Gasteiger partial charge on any atom is -0.303 e. The summed E-state index contributed by atoms with van der Waals surface area (Å²) in [4.78, 5) is 16.7. The number of thiazole rings is 1. The third-order valence-electron chi connectivity index (χ3n) is 7.69. The van der Waals surface area contributed by atoms with Crippen LogP contribution < -0.4 is 4.90 Å². The van der Waals surface area contributed by atoms with Gasteiger partial charge < -0.3 is 9.13 Å². The molecule has 0 amide bonds. The summed E-state index contributed by atoms with van der Waals surface area (Å²) in [5.41, 5.74) is 5.77. The second-order valence-corrected chi connectivity index (χ2v) is 11.7. The van der Waals surface area contributed by atoms with E-state index >= 15 is 8.78 Å². The largest absolute Gasteiger partial charge is 0.303 e. The molecular formula is C33H28F2N6S. The number of imidazole rings is 2. The zero-order valence-electron chi connectivity index (χ0n) is 23.2. The van der Waals surface area contributed by atoms with Crippen molar-refractivity contribution in [2.24, 2.45) is 0 Å². The van der Waals surface area contributed by atoms with Crippen LogP contribution in [0.3, 0.4) is 0 Å². The third-order valence-corrected chi connectivity index (χ3v) is 8.81. The Labute approximate surface area is 246 Å². The first-order chi connectivity index (χ1) is 20.4. The molecule has 1 atom stereocenters. The molecule has 6 aromatic rings. The molecule has 210 valence electrons. The number of nitrogens with zero attached hydrogens (tertiary/aromatic N) is 6.